The molecule has 0 fully saturated rings. The molecule has 0 bridgehead atoms. The Kier molecular flexibility index (Phi) is 2.58. The van der Waals surface area contributed by atoms with Gasteiger partial charge in [0.05, 0.1) is 7.11 Å². The van der Waals surface area contributed by atoms with Crippen LogP contribution < -0.4 is 4.74 Å². The normalized spacial score (nSPS) is 10.0. The van der Waals surface area contributed by atoms with Gasteiger partial charge in [-0.2, -0.15) is 0 Å². The molecule has 0 radical (unpaired) electrons. The predicted molar refractivity (Wildman–Crippen MR) is 54.0 cm³/mol. The maximum absolute atomic E-state index is 13.4. The molecule has 2 aromatic rings. The summed E-state index contributed by atoms with van der Waals surface area (Å²) in [5.74, 6) is 0.302. The molecule has 15 heavy (non-hydrogen) atoms. The maximum Gasteiger partial charge on any atom is 0.165 e. The summed E-state index contributed by atoms with van der Waals surface area (Å²) >= 11 is 0. The number of methoxy groups -OCH3 is 1. The highest BCUT2D eigenvalue weighted by Gasteiger charge is 2.06. The summed E-state index contributed by atoms with van der Waals surface area (Å²) < 4.78 is 18.2. The third-order valence-electron chi connectivity index (χ3n) is 1.98. The van der Waals surface area contributed by atoms with Gasteiger partial charge >= 0.3 is 0 Å². The van der Waals surface area contributed by atoms with Crippen molar-refractivity contribution in [3.63, 3.8) is 0 Å². The van der Waals surface area contributed by atoms with E-state index in [1.807, 2.05) is 0 Å². The largest absolute Gasteiger partial charge is 0.494 e. The number of benzene rings is 1. The molecule has 0 saturated carbocycles. The number of rotatable bonds is 2. The third kappa shape index (κ3) is 1.93. The van der Waals surface area contributed by atoms with E-state index in [1.165, 1.54) is 13.2 Å². The number of nitrogens with zero attached hydrogens (tertiary/aromatic N) is 2. The molecule has 0 N–H and O–H groups in total. The standard InChI is InChI=1S/C11H9FN2O/c1-15-10-4-3-8(7-9(10)12)11-13-5-2-6-14-11/h2-7H,1H3. The van der Waals surface area contributed by atoms with Crippen molar-refractivity contribution in [1.29, 1.82) is 0 Å². The van der Waals surface area contributed by atoms with Gasteiger partial charge in [-0.3, -0.25) is 0 Å². The Balaban J connectivity index is 2.43. The lowest BCUT2D eigenvalue weighted by Crippen LogP contribution is -1.91. The van der Waals surface area contributed by atoms with Crippen molar-refractivity contribution in [3.8, 4) is 17.1 Å². The van der Waals surface area contributed by atoms with Crippen molar-refractivity contribution in [1.82, 2.24) is 9.97 Å². The highest BCUT2D eigenvalue weighted by molar-refractivity contribution is 5.56. The van der Waals surface area contributed by atoms with Gasteiger partial charge in [-0.1, -0.05) is 0 Å². The van der Waals surface area contributed by atoms with Crippen LogP contribution in [0.3, 0.4) is 0 Å². The zero-order chi connectivity index (χ0) is 10.7. The molecule has 1 aromatic heterocycles. The Bertz CT molecular complexity index is 459. The van der Waals surface area contributed by atoms with Gasteiger partial charge in [0.15, 0.2) is 17.4 Å². The van der Waals surface area contributed by atoms with Crippen LogP contribution in [0, 0.1) is 5.82 Å². The van der Waals surface area contributed by atoms with E-state index in [-0.39, 0.29) is 5.75 Å². The van der Waals surface area contributed by atoms with E-state index in [4.69, 9.17) is 4.74 Å². The Morgan fingerprint density at radius 3 is 2.53 bits per heavy atom. The number of halogens is 1. The fourth-order valence-electron chi connectivity index (χ4n) is 1.25. The average Bonchev–Trinajstić information content (AvgIpc) is 2.30. The van der Waals surface area contributed by atoms with Gasteiger partial charge < -0.3 is 4.74 Å². The zero-order valence-corrected chi connectivity index (χ0v) is 8.14. The molecule has 0 atom stereocenters. The smallest absolute Gasteiger partial charge is 0.165 e. The second kappa shape index (κ2) is 4.04. The number of hydrogen-bond acceptors (Lipinski definition) is 3. The lowest BCUT2D eigenvalue weighted by Gasteiger charge is -2.03. The first-order chi connectivity index (χ1) is 7.31. The van der Waals surface area contributed by atoms with Gasteiger partial charge in [-0.05, 0) is 24.3 Å². The highest BCUT2D eigenvalue weighted by atomic mass is 19.1. The van der Waals surface area contributed by atoms with Crippen LogP contribution in [0.25, 0.3) is 11.4 Å². The lowest BCUT2D eigenvalue weighted by atomic mass is 10.2. The summed E-state index contributed by atoms with van der Waals surface area (Å²) in [5.41, 5.74) is 0.633. The molecule has 0 saturated heterocycles. The summed E-state index contributed by atoms with van der Waals surface area (Å²) in [7, 11) is 1.43. The number of ether oxygens (including phenoxy) is 1. The first kappa shape index (κ1) is 9.58. The SMILES string of the molecule is COc1ccc(-c2ncccn2)cc1F. The molecule has 1 heterocycles. The molecule has 0 aliphatic rings. The van der Waals surface area contributed by atoms with E-state index in [2.05, 4.69) is 9.97 Å². The first-order valence-electron chi connectivity index (χ1n) is 4.42. The van der Waals surface area contributed by atoms with Gasteiger partial charge in [0, 0.05) is 18.0 Å². The summed E-state index contributed by atoms with van der Waals surface area (Å²) in [5, 5.41) is 0. The minimum atomic E-state index is -0.414. The van der Waals surface area contributed by atoms with Crippen LogP contribution in [0.1, 0.15) is 0 Å². The average molecular weight is 204 g/mol. The second-order valence-corrected chi connectivity index (χ2v) is 2.92. The molecule has 0 spiro atoms. The van der Waals surface area contributed by atoms with E-state index >= 15 is 0 Å². The van der Waals surface area contributed by atoms with Crippen molar-refractivity contribution in [2.24, 2.45) is 0 Å². The second-order valence-electron chi connectivity index (χ2n) is 2.92. The summed E-state index contributed by atoms with van der Waals surface area (Å²) in [6, 6.07) is 6.34. The molecule has 0 aliphatic carbocycles. The van der Waals surface area contributed by atoms with Crippen LogP contribution in [0.4, 0.5) is 4.39 Å². The first-order valence-corrected chi connectivity index (χ1v) is 4.42. The third-order valence-corrected chi connectivity index (χ3v) is 1.98. The Labute approximate surface area is 86.6 Å². The summed E-state index contributed by atoms with van der Waals surface area (Å²) in [4.78, 5) is 8.05. The molecular weight excluding hydrogens is 195 g/mol. The van der Waals surface area contributed by atoms with E-state index in [9.17, 15) is 4.39 Å². The Morgan fingerprint density at radius 2 is 1.93 bits per heavy atom. The van der Waals surface area contributed by atoms with Crippen molar-refractivity contribution in [2.45, 2.75) is 0 Å². The molecular formula is C11H9FN2O. The molecule has 0 unspecified atom stereocenters. The van der Waals surface area contributed by atoms with Crippen molar-refractivity contribution < 1.29 is 9.13 Å². The van der Waals surface area contributed by atoms with E-state index in [0.717, 1.165) is 0 Å². The minimum absolute atomic E-state index is 0.217. The van der Waals surface area contributed by atoms with Crippen LogP contribution in [-0.4, -0.2) is 17.1 Å². The Hall–Kier alpha value is -1.97. The van der Waals surface area contributed by atoms with E-state index < -0.39 is 5.82 Å². The van der Waals surface area contributed by atoms with Gasteiger partial charge in [0.2, 0.25) is 0 Å². The van der Waals surface area contributed by atoms with Crippen molar-refractivity contribution in [2.75, 3.05) is 7.11 Å². The summed E-state index contributed by atoms with van der Waals surface area (Å²) in [6.45, 7) is 0. The molecule has 2 rings (SSSR count). The monoisotopic (exact) mass is 204 g/mol. The summed E-state index contributed by atoms with van der Waals surface area (Å²) in [6.07, 6.45) is 3.23. The molecule has 4 heteroatoms. The van der Waals surface area contributed by atoms with Gasteiger partial charge in [-0.25, -0.2) is 14.4 Å². The molecule has 0 aliphatic heterocycles. The molecule has 76 valence electrons. The van der Waals surface area contributed by atoms with Crippen LogP contribution in [0.5, 0.6) is 5.75 Å². The van der Waals surface area contributed by atoms with Crippen LogP contribution >= 0.6 is 0 Å². The van der Waals surface area contributed by atoms with Gasteiger partial charge in [0.25, 0.3) is 0 Å². The Morgan fingerprint density at radius 1 is 1.20 bits per heavy atom. The highest BCUT2D eigenvalue weighted by Crippen LogP contribution is 2.22. The van der Waals surface area contributed by atoms with E-state index in [1.54, 1.807) is 30.6 Å². The van der Waals surface area contributed by atoms with Crippen LogP contribution in [-0.2, 0) is 0 Å². The van der Waals surface area contributed by atoms with Crippen molar-refractivity contribution >= 4 is 0 Å². The zero-order valence-electron chi connectivity index (χ0n) is 8.14. The number of aromatic nitrogens is 2. The van der Waals surface area contributed by atoms with Gasteiger partial charge in [0.1, 0.15) is 0 Å². The fraction of sp³-hybridized carbons (Fsp3) is 0.0909. The minimum Gasteiger partial charge on any atom is -0.494 e. The number of hydrogen-bond donors (Lipinski definition) is 0. The molecule has 1 aromatic carbocycles. The molecule has 0 amide bonds. The quantitative estimate of drug-likeness (QED) is 0.752. The maximum atomic E-state index is 13.4. The molecule has 3 nitrogen and oxygen atoms in total. The topological polar surface area (TPSA) is 35.0 Å². The van der Waals surface area contributed by atoms with E-state index in [0.29, 0.717) is 11.4 Å². The lowest BCUT2D eigenvalue weighted by molar-refractivity contribution is 0.386. The fourth-order valence-corrected chi connectivity index (χ4v) is 1.25. The van der Waals surface area contributed by atoms with Crippen molar-refractivity contribution in [3.05, 3.63) is 42.5 Å². The predicted octanol–water partition coefficient (Wildman–Crippen LogP) is 2.29. The van der Waals surface area contributed by atoms with Gasteiger partial charge in [-0.15, -0.1) is 0 Å². The van der Waals surface area contributed by atoms with Crippen LogP contribution in [0.2, 0.25) is 0 Å². The van der Waals surface area contributed by atoms with Crippen LogP contribution in [0.15, 0.2) is 36.7 Å².